The van der Waals surface area contributed by atoms with E-state index >= 15 is 0 Å². The Hall–Kier alpha value is -2.68. The maximum absolute atomic E-state index is 12.4. The number of carboxylic acid groups (broad SMARTS) is 1. The predicted octanol–water partition coefficient (Wildman–Crippen LogP) is 9.26. The van der Waals surface area contributed by atoms with Crippen molar-refractivity contribution < 1.29 is 34.1 Å². The Morgan fingerprint density at radius 1 is 0.600 bits per heavy atom. The molecule has 2 atom stereocenters. The third kappa shape index (κ3) is 32.5. The van der Waals surface area contributed by atoms with E-state index in [1.165, 1.54) is 103 Å². The summed E-state index contributed by atoms with van der Waals surface area (Å²) in [5.74, 6) is -2.41. The van der Waals surface area contributed by atoms with E-state index < -0.39 is 24.5 Å². The zero-order chi connectivity index (χ0) is 36.9. The van der Waals surface area contributed by atoms with E-state index in [-0.39, 0.29) is 30.9 Å². The fourth-order valence-electron chi connectivity index (χ4n) is 5.86. The standard InChI is InChI=1S/C41H74N2O7/c1-3-5-6-7-8-9-10-11-12-13-14-15-16-17-18-19-20-21-22-23-24-25-29-33-40(47)50-36(30-4-2)31-27-26-28-32-38(45)42-34-39(46)43-37(35-44)41(48)49/h10-11,13-14,36-37,44H,3-9,12,15-35H2,1-2H3,(H,42,45)(H,43,46)(H,48,49)/b11-10-,14-13-. The van der Waals surface area contributed by atoms with Crippen molar-refractivity contribution in [2.24, 2.45) is 0 Å². The molecule has 0 aliphatic heterocycles. The Morgan fingerprint density at radius 3 is 1.66 bits per heavy atom. The second-order valence-corrected chi connectivity index (χ2v) is 13.7. The van der Waals surface area contributed by atoms with Crippen molar-refractivity contribution in [3.63, 3.8) is 0 Å². The highest BCUT2D eigenvalue weighted by Crippen LogP contribution is 2.16. The van der Waals surface area contributed by atoms with Gasteiger partial charge in [0.2, 0.25) is 11.8 Å². The van der Waals surface area contributed by atoms with Gasteiger partial charge in [0.25, 0.3) is 0 Å². The van der Waals surface area contributed by atoms with Crippen LogP contribution in [0.3, 0.4) is 0 Å². The van der Waals surface area contributed by atoms with Gasteiger partial charge < -0.3 is 25.6 Å². The number of hydrogen-bond donors (Lipinski definition) is 4. The molecular formula is C41H74N2O7. The lowest BCUT2D eigenvalue weighted by atomic mass is 10.0. The highest BCUT2D eigenvalue weighted by atomic mass is 16.5. The van der Waals surface area contributed by atoms with Crippen LogP contribution >= 0.6 is 0 Å². The molecule has 0 aliphatic carbocycles. The van der Waals surface area contributed by atoms with Crippen LogP contribution in [-0.4, -0.2) is 59.3 Å². The summed E-state index contributed by atoms with van der Waals surface area (Å²) in [6, 6.07) is -1.39. The van der Waals surface area contributed by atoms with Gasteiger partial charge in [-0.15, -0.1) is 0 Å². The minimum Gasteiger partial charge on any atom is -0.480 e. The Morgan fingerprint density at radius 2 is 1.12 bits per heavy atom. The zero-order valence-electron chi connectivity index (χ0n) is 31.9. The van der Waals surface area contributed by atoms with E-state index in [9.17, 15) is 19.2 Å². The first kappa shape index (κ1) is 47.3. The number of rotatable bonds is 36. The minimum absolute atomic E-state index is 0.0860. The van der Waals surface area contributed by atoms with Crippen LogP contribution < -0.4 is 10.6 Å². The molecular weight excluding hydrogens is 632 g/mol. The molecule has 0 saturated carbocycles. The quantitative estimate of drug-likeness (QED) is 0.0289. The Balaban J connectivity index is 3.68. The van der Waals surface area contributed by atoms with Crippen molar-refractivity contribution in [3.05, 3.63) is 24.3 Å². The normalized spacial score (nSPS) is 12.7. The maximum atomic E-state index is 12.4. The van der Waals surface area contributed by atoms with Crippen molar-refractivity contribution in [1.82, 2.24) is 10.6 Å². The number of amides is 2. The van der Waals surface area contributed by atoms with Gasteiger partial charge in [0.1, 0.15) is 12.1 Å². The summed E-state index contributed by atoms with van der Waals surface area (Å²) in [5.41, 5.74) is 0. The molecule has 0 spiro atoms. The SMILES string of the molecule is CCCCCCC/C=C\C/C=C\CCCCCCCCCCCCCC(=O)OC(CCC)CCCCCC(=O)NCC(=O)NC(CO)C(=O)O. The zero-order valence-corrected chi connectivity index (χ0v) is 31.9. The number of nitrogens with one attached hydrogen (secondary N) is 2. The van der Waals surface area contributed by atoms with Crippen molar-refractivity contribution in [2.45, 2.75) is 199 Å². The molecule has 0 bridgehead atoms. The van der Waals surface area contributed by atoms with Gasteiger partial charge in [-0.2, -0.15) is 0 Å². The van der Waals surface area contributed by atoms with E-state index in [1.54, 1.807) is 0 Å². The maximum Gasteiger partial charge on any atom is 0.328 e. The van der Waals surface area contributed by atoms with E-state index in [0.29, 0.717) is 12.8 Å². The average Bonchev–Trinajstić information content (AvgIpc) is 3.09. The molecule has 2 amide bonds. The number of esters is 1. The van der Waals surface area contributed by atoms with Gasteiger partial charge in [-0.1, -0.05) is 134 Å². The summed E-state index contributed by atoms with van der Waals surface area (Å²) in [6.45, 7) is 3.28. The minimum atomic E-state index is -1.39. The van der Waals surface area contributed by atoms with E-state index in [0.717, 1.165) is 51.4 Å². The van der Waals surface area contributed by atoms with Crippen LogP contribution in [-0.2, 0) is 23.9 Å². The number of aliphatic hydroxyl groups is 1. The van der Waals surface area contributed by atoms with Crippen LogP contribution in [0.25, 0.3) is 0 Å². The van der Waals surface area contributed by atoms with Crippen LogP contribution in [0.2, 0.25) is 0 Å². The number of allylic oxidation sites excluding steroid dienone is 4. The molecule has 0 fully saturated rings. The van der Waals surface area contributed by atoms with Gasteiger partial charge >= 0.3 is 11.9 Å². The summed E-state index contributed by atoms with van der Waals surface area (Å²) >= 11 is 0. The number of unbranched alkanes of at least 4 members (excludes halogenated alkanes) is 18. The highest BCUT2D eigenvalue weighted by Gasteiger charge is 2.19. The van der Waals surface area contributed by atoms with Crippen LogP contribution in [0, 0.1) is 0 Å². The molecule has 0 aromatic rings. The number of hydrogen-bond acceptors (Lipinski definition) is 6. The summed E-state index contributed by atoms with van der Waals surface area (Å²) in [6.07, 6.45) is 38.7. The monoisotopic (exact) mass is 707 g/mol. The van der Waals surface area contributed by atoms with Gasteiger partial charge in [-0.25, -0.2) is 4.79 Å². The lowest BCUT2D eigenvalue weighted by Gasteiger charge is -2.17. The molecule has 2 unspecified atom stereocenters. The largest absolute Gasteiger partial charge is 0.480 e. The number of ether oxygens (including phenoxy) is 1. The van der Waals surface area contributed by atoms with E-state index in [4.69, 9.17) is 14.9 Å². The fourth-order valence-corrected chi connectivity index (χ4v) is 5.86. The lowest BCUT2D eigenvalue weighted by molar-refractivity contribution is -0.150. The third-order valence-corrected chi connectivity index (χ3v) is 8.93. The van der Waals surface area contributed by atoms with E-state index in [1.807, 2.05) is 0 Å². The highest BCUT2D eigenvalue weighted by molar-refractivity contribution is 5.87. The fraction of sp³-hybridized carbons (Fsp3) is 0.805. The first-order chi connectivity index (χ1) is 24.3. The second kappa shape index (κ2) is 36.1. The van der Waals surface area contributed by atoms with Crippen LogP contribution in [0.4, 0.5) is 0 Å². The molecule has 0 aromatic heterocycles. The number of aliphatic carboxylic acids is 1. The summed E-state index contributed by atoms with van der Waals surface area (Å²) in [4.78, 5) is 47.0. The molecule has 0 aromatic carbocycles. The summed E-state index contributed by atoms with van der Waals surface area (Å²) < 4.78 is 5.76. The van der Waals surface area contributed by atoms with Crippen LogP contribution in [0.1, 0.15) is 187 Å². The second-order valence-electron chi connectivity index (χ2n) is 13.7. The van der Waals surface area contributed by atoms with Crippen molar-refractivity contribution in [2.75, 3.05) is 13.2 Å². The van der Waals surface area contributed by atoms with Crippen molar-refractivity contribution >= 4 is 23.8 Å². The van der Waals surface area contributed by atoms with Gasteiger partial charge in [-0.3, -0.25) is 14.4 Å². The number of carbonyl (C=O) groups excluding carboxylic acids is 3. The third-order valence-electron chi connectivity index (χ3n) is 8.93. The molecule has 50 heavy (non-hydrogen) atoms. The topological polar surface area (TPSA) is 142 Å². The Bertz CT molecular complexity index is 905. The average molecular weight is 707 g/mol. The smallest absolute Gasteiger partial charge is 0.328 e. The van der Waals surface area contributed by atoms with Crippen LogP contribution in [0.5, 0.6) is 0 Å². The number of carboxylic acids is 1. The molecule has 9 nitrogen and oxygen atoms in total. The lowest BCUT2D eigenvalue weighted by Crippen LogP contribution is -2.47. The molecule has 0 heterocycles. The van der Waals surface area contributed by atoms with Gasteiger partial charge in [0, 0.05) is 12.8 Å². The first-order valence-electron chi connectivity index (χ1n) is 20.2. The summed E-state index contributed by atoms with van der Waals surface area (Å²) in [5, 5.41) is 22.4. The molecule has 0 aliphatic rings. The summed E-state index contributed by atoms with van der Waals surface area (Å²) in [7, 11) is 0. The predicted molar refractivity (Wildman–Crippen MR) is 204 cm³/mol. The molecule has 0 rings (SSSR count). The van der Waals surface area contributed by atoms with Crippen molar-refractivity contribution in [1.29, 1.82) is 0 Å². The number of aliphatic hydroxyl groups excluding tert-OH is 1. The first-order valence-corrected chi connectivity index (χ1v) is 20.2. The van der Waals surface area contributed by atoms with Crippen LogP contribution in [0.15, 0.2) is 24.3 Å². The van der Waals surface area contributed by atoms with Crippen molar-refractivity contribution in [3.8, 4) is 0 Å². The van der Waals surface area contributed by atoms with Gasteiger partial charge in [0.05, 0.1) is 13.2 Å². The molecule has 9 heteroatoms. The molecule has 4 N–H and O–H groups in total. The van der Waals surface area contributed by atoms with Gasteiger partial charge in [0.15, 0.2) is 0 Å². The molecule has 290 valence electrons. The van der Waals surface area contributed by atoms with E-state index in [2.05, 4.69) is 48.8 Å². The molecule has 0 saturated heterocycles. The Labute approximate surface area is 304 Å². The Kier molecular flexibility index (Phi) is 34.2. The van der Waals surface area contributed by atoms with Gasteiger partial charge in [-0.05, 0) is 64.2 Å². The molecule has 0 radical (unpaired) electrons. The number of carbonyl (C=O) groups is 4.